The number of nitrogens with zero attached hydrogens (tertiary/aromatic N) is 3. The molecule has 1 aromatic heterocycles. The van der Waals surface area contributed by atoms with Gasteiger partial charge in [0.25, 0.3) is 0 Å². The van der Waals surface area contributed by atoms with E-state index in [1.165, 1.54) is 5.56 Å². The zero-order valence-electron chi connectivity index (χ0n) is 14.3. The Morgan fingerprint density at radius 1 is 1.08 bits per heavy atom. The van der Waals surface area contributed by atoms with Gasteiger partial charge in [-0.25, -0.2) is 9.67 Å². The highest BCUT2D eigenvalue weighted by molar-refractivity contribution is 7.80. The summed E-state index contributed by atoms with van der Waals surface area (Å²) >= 11 is 17.3. The highest BCUT2D eigenvalue weighted by Gasteiger charge is 2.07. The van der Waals surface area contributed by atoms with E-state index in [4.69, 9.17) is 35.4 Å². The van der Waals surface area contributed by atoms with E-state index < -0.39 is 0 Å². The molecule has 5 nitrogen and oxygen atoms in total. The second-order valence-electron chi connectivity index (χ2n) is 5.91. The summed E-state index contributed by atoms with van der Waals surface area (Å²) < 4.78 is 1.70. The molecule has 0 aliphatic carbocycles. The van der Waals surface area contributed by atoms with Crippen LogP contribution in [0.1, 0.15) is 16.7 Å². The minimum atomic E-state index is 0.423. The number of aromatic nitrogens is 3. The van der Waals surface area contributed by atoms with Crippen molar-refractivity contribution in [2.24, 2.45) is 0 Å². The van der Waals surface area contributed by atoms with Crippen molar-refractivity contribution >= 4 is 52.2 Å². The molecule has 3 rings (SSSR count). The van der Waals surface area contributed by atoms with Crippen LogP contribution >= 0.6 is 35.4 Å². The maximum Gasteiger partial charge on any atom is 0.248 e. The summed E-state index contributed by atoms with van der Waals surface area (Å²) in [5, 5.41) is 12.0. The molecule has 0 radical (unpaired) electrons. The van der Waals surface area contributed by atoms with Gasteiger partial charge >= 0.3 is 0 Å². The summed E-state index contributed by atoms with van der Waals surface area (Å²) in [6.45, 7) is 4.61. The molecule has 0 saturated heterocycles. The van der Waals surface area contributed by atoms with Gasteiger partial charge in [-0.3, -0.25) is 5.32 Å². The maximum atomic E-state index is 6.04. The average molecular weight is 406 g/mol. The van der Waals surface area contributed by atoms with E-state index in [9.17, 15) is 0 Å². The minimum absolute atomic E-state index is 0.423. The van der Waals surface area contributed by atoms with Gasteiger partial charge in [0.15, 0.2) is 5.11 Å². The molecule has 2 N–H and O–H groups in total. The molecule has 0 bridgehead atoms. The highest BCUT2D eigenvalue weighted by Crippen LogP contribution is 2.23. The number of halogens is 2. The van der Waals surface area contributed by atoms with E-state index in [2.05, 4.69) is 33.7 Å². The van der Waals surface area contributed by atoms with E-state index in [-0.39, 0.29) is 0 Å². The fraction of sp³-hybridized carbons (Fsp3) is 0.167. The van der Waals surface area contributed by atoms with Crippen LogP contribution in [0.4, 0.5) is 11.6 Å². The van der Waals surface area contributed by atoms with Crippen molar-refractivity contribution < 1.29 is 0 Å². The van der Waals surface area contributed by atoms with E-state index in [0.717, 1.165) is 16.8 Å². The number of thiocarbonyl (C=S) groups is 1. The lowest BCUT2D eigenvalue weighted by Crippen LogP contribution is -2.20. The number of nitrogens with one attached hydrogen (secondary N) is 2. The highest BCUT2D eigenvalue weighted by atomic mass is 35.5. The first-order valence-corrected chi connectivity index (χ1v) is 9.06. The monoisotopic (exact) mass is 405 g/mol. The van der Waals surface area contributed by atoms with Crippen LogP contribution in [-0.2, 0) is 6.54 Å². The predicted molar refractivity (Wildman–Crippen MR) is 111 cm³/mol. The van der Waals surface area contributed by atoms with Crippen LogP contribution in [0.3, 0.4) is 0 Å². The van der Waals surface area contributed by atoms with Crippen LogP contribution in [0.15, 0.2) is 42.7 Å². The number of aryl methyl sites for hydroxylation is 2. The summed E-state index contributed by atoms with van der Waals surface area (Å²) in [5.74, 6) is 0.423. The molecule has 0 fully saturated rings. The van der Waals surface area contributed by atoms with Crippen molar-refractivity contribution in [3.63, 3.8) is 0 Å². The normalized spacial score (nSPS) is 10.6. The number of benzene rings is 2. The van der Waals surface area contributed by atoms with Crippen LogP contribution in [0, 0.1) is 13.8 Å². The van der Waals surface area contributed by atoms with Gasteiger partial charge in [-0.2, -0.15) is 0 Å². The molecule has 26 heavy (non-hydrogen) atoms. The Morgan fingerprint density at radius 2 is 1.88 bits per heavy atom. The molecule has 0 unspecified atom stereocenters. The Morgan fingerprint density at radius 3 is 2.62 bits per heavy atom. The third-order valence-corrected chi connectivity index (χ3v) is 4.66. The van der Waals surface area contributed by atoms with Gasteiger partial charge in [-0.15, -0.1) is 5.10 Å². The van der Waals surface area contributed by atoms with Crippen molar-refractivity contribution in [2.45, 2.75) is 20.4 Å². The molecule has 3 aromatic rings. The standard InChI is InChI=1S/C18H17Cl2N5S/c1-11-3-6-16(12(2)7-11)22-18(26)23-17-21-10-25(24-17)9-13-4-5-14(19)15(20)8-13/h3-8,10H,9H2,1-2H3,(H2,22,23,24,26). The number of anilines is 2. The summed E-state index contributed by atoms with van der Waals surface area (Å²) in [6.07, 6.45) is 1.63. The number of rotatable bonds is 4. The summed E-state index contributed by atoms with van der Waals surface area (Å²) in [5.41, 5.74) is 4.25. The quantitative estimate of drug-likeness (QED) is 0.594. The molecule has 8 heteroatoms. The fourth-order valence-electron chi connectivity index (χ4n) is 2.46. The molecule has 1 heterocycles. The van der Waals surface area contributed by atoms with Crippen molar-refractivity contribution in [1.29, 1.82) is 0 Å². The molecule has 0 saturated carbocycles. The van der Waals surface area contributed by atoms with Crippen LogP contribution in [0.25, 0.3) is 0 Å². The van der Waals surface area contributed by atoms with Gasteiger partial charge in [0.1, 0.15) is 6.33 Å². The van der Waals surface area contributed by atoms with Gasteiger partial charge in [0.05, 0.1) is 16.6 Å². The third-order valence-electron chi connectivity index (χ3n) is 3.72. The lowest BCUT2D eigenvalue weighted by atomic mass is 10.1. The van der Waals surface area contributed by atoms with Gasteiger partial charge in [-0.1, -0.05) is 47.0 Å². The Kier molecular flexibility index (Phi) is 5.76. The first-order valence-electron chi connectivity index (χ1n) is 7.89. The van der Waals surface area contributed by atoms with Gasteiger partial charge < -0.3 is 5.32 Å². The number of hydrogen-bond donors (Lipinski definition) is 2. The zero-order valence-corrected chi connectivity index (χ0v) is 16.6. The minimum Gasteiger partial charge on any atom is -0.332 e. The lowest BCUT2D eigenvalue weighted by molar-refractivity contribution is 0.687. The lowest BCUT2D eigenvalue weighted by Gasteiger charge is -2.11. The summed E-state index contributed by atoms with van der Waals surface area (Å²) in [7, 11) is 0. The van der Waals surface area contributed by atoms with E-state index >= 15 is 0 Å². The molecule has 2 aromatic carbocycles. The maximum absolute atomic E-state index is 6.04. The van der Waals surface area contributed by atoms with E-state index in [1.54, 1.807) is 17.1 Å². The van der Waals surface area contributed by atoms with Crippen LogP contribution < -0.4 is 10.6 Å². The zero-order chi connectivity index (χ0) is 18.7. The first-order chi connectivity index (χ1) is 12.4. The van der Waals surface area contributed by atoms with Crippen LogP contribution in [0.5, 0.6) is 0 Å². The first kappa shape index (κ1) is 18.6. The van der Waals surface area contributed by atoms with Gasteiger partial charge in [0, 0.05) is 5.69 Å². The largest absolute Gasteiger partial charge is 0.332 e. The van der Waals surface area contributed by atoms with E-state index in [1.807, 2.05) is 31.2 Å². The predicted octanol–water partition coefficient (Wildman–Crippen LogP) is 5.06. The molecule has 0 spiro atoms. The van der Waals surface area contributed by atoms with Crippen molar-refractivity contribution in [1.82, 2.24) is 14.8 Å². The smallest absolute Gasteiger partial charge is 0.248 e. The Bertz CT molecular complexity index is 955. The van der Waals surface area contributed by atoms with Crippen molar-refractivity contribution in [2.75, 3.05) is 10.6 Å². The molecule has 0 aliphatic rings. The van der Waals surface area contributed by atoms with Crippen molar-refractivity contribution in [3.8, 4) is 0 Å². The Labute approximate surface area is 167 Å². The third kappa shape index (κ3) is 4.72. The van der Waals surface area contributed by atoms with Crippen LogP contribution in [-0.4, -0.2) is 19.9 Å². The molecular formula is C18H17Cl2N5S. The Balaban J connectivity index is 1.62. The SMILES string of the molecule is Cc1ccc(NC(=S)Nc2ncn(Cc3ccc(Cl)c(Cl)c3)n2)c(C)c1. The molecule has 0 aliphatic heterocycles. The number of hydrogen-bond acceptors (Lipinski definition) is 3. The Hall–Kier alpha value is -2.15. The van der Waals surface area contributed by atoms with Crippen molar-refractivity contribution in [3.05, 3.63) is 69.5 Å². The van der Waals surface area contributed by atoms with E-state index in [0.29, 0.717) is 27.7 Å². The summed E-state index contributed by atoms with van der Waals surface area (Å²) in [6, 6.07) is 11.6. The van der Waals surface area contributed by atoms with Gasteiger partial charge in [-0.05, 0) is 55.4 Å². The molecule has 0 atom stereocenters. The van der Waals surface area contributed by atoms with Gasteiger partial charge in [0.2, 0.25) is 5.95 Å². The molecule has 0 amide bonds. The fourth-order valence-corrected chi connectivity index (χ4v) is 2.98. The van der Waals surface area contributed by atoms with Crippen LogP contribution in [0.2, 0.25) is 10.0 Å². The topological polar surface area (TPSA) is 54.8 Å². The second-order valence-corrected chi connectivity index (χ2v) is 7.13. The second kappa shape index (κ2) is 8.03. The average Bonchev–Trinajstić information content (AvgIpc) is 3.00. The summed E-state index contributed by atoms with van der Waals surface area (Å²) in [4.78, 5) is 4.22. The molecule has 134 valence electrons. The molecular weight excluding hydrogens is 389 g/mol.